The summed E-state index contributed by atoms with van der Waals surface area (Å²) in [6.07, 6.45) is 84.4. The van der Waals surface area contributed by atoms with Crippen LogP contribution in [0.3, 0.4) is 0 Å². The molecule has 0 rings (SSSR count). The Balaban J connectivity index is 3.98. The van der Waals surface area contributed by atoms with Gasteiger partial charge in [-0.05, 0) is 44.9 Å². The molecule has 0 aromatic heterocycles. The summed E-state index contributed by atoms with van der Waals surface area (Å²) >= 11 is 0. The molecule has 0 saturated carbocycles. The van der Waals surface area contributed by atoms with Gasteiger partial charge in [-0.25, -0.2) is 0 Å². The second-order valence-electron chi connectivity index (χ2n) is 27.7. The van der Waals surface area contributed by atoms with Crippen LogP contribution in [0.5, 0.6) is 0 Å². The van der Waals surface area contributed by atoms with Gasteiger partial charge in [0, 0.05) is 12.8 Å². The Morgan fingerprint density at radius 3 is 0.908 bits per heavy atom. The van der Waals surface area contributed by atoms with E-state index >= 15 is 0 Å². The van der Waals surface area contributed by atoms with Gasteiger partial charge in [-0.3, -0.25) is 9.59 Å². The van der Waals surface area contributed by atoms with Gasteiger partial charge in [-0.2, -0.15) is 0 Å². The summed E-state index contributed by atoms with van der Waals surface area (Å²) in [5.41, 5.74) is 0. The Labute approximate surface area is 541 Å². The first-order valence-electron chi connectivity index (χ1n) is 38.5. The lowest BCUT2D eigenvalue weighted by molar-refractivity contribution is -0.870. The molecule has 0 amide bonds. The van der Waals surface area contributed by atoms with E-state index in [9.17, 15) is 19.5 Å². The third-order valence-corrected chi connectivity index (χ3v) is 17.7. The van der Waals surface area contributed by atoms with Crippen molar-refractivity contribution in [3.05, 3.63) is 24.3 Å². The first-order valence-corrected chi connectivity index (χ1v) is 38.5. The predicted octanol–water partition coefficient (Wildman–Crippen LogP) is 22.8. The Kier molecular flexibility index (Phi) is 67.9. The van der Waals surface area contributed by atoms with Gasteiger partial charge in [0.1, 0.15) is 13.2 Å². The molecule has 9 nitrogen and oxygen atoms in total. The van der Waals surface area contributed by atoms with E-state index in [1.165, 1.54) is 327 Å². The lowest BCUT2D eigenvalue weighted by atomic mass is 10.0. The second kappa shape index (κ2) is 69.7. The van der Waals surface area contributed by atoms with E-state index in [4.69, 9.17) is 18.9 Å². The van der Waals surface area contributed by atoms with Gasteiger partial charge in [0.2, 0.25) is 0 Å². The van der Waals surface area contributed by atoms with Crippen molar-refractivity contribution < 1.29 is 42.9 Å². The van der Waals surface area contributed by atoms with E-state index in [-0.39, 0.29) is 32.2 Å². The third kappa shape index (κ3) is 71.1. The molecule has 87 heavy (non-hydrogen) atoms. The number of nitrogens with zero attached hydrogens (tertiary/aromatic N) is 1. The molecular formula is C78H149NO8. The number of quaternary nitrogens is 1. The number of hydrogen-bond acceptors (Lipinski definition) is 8. The number of rotatable bonds is 73. The number of carboxylic acid groups (broad SMARTS) is 1. The van der Waals surface area contributed by atoms with Gasteiger partial charge < -0.3 is 33.3 Å². The Morgan fingerprint density at radius 1 is 0.345 bits per heavy atom. The summed E-state index contributed by atoms with van der Waals surface area (Å²) in [4.78, 5) is 37.5. The van der Waals surface area contributed by atoms with Crippen molar-refractivity contribution in [2.75, 3.05) is 47.5 Å². The van der Waals surface area contributed by atoms with Crippen LogP contribution in [0.15, 0.2) is 24.3 Å². The molecule has 0 aromatic carbocycles. The van der Waals surface area contributed by atoms with Crippen molar-refractivity contribution in [1.82, 2.24) is 0 Å². The van der Waals surface area contributed by atoms with Crippen molar-refractivity contribution in [1.29, 1.82) is 0 Å². The highest BCUT2D eigenvalue weighted by molar-refractivity contribution is 5.70. The number of esters is 2. The molecule has 0 spiro atoms. The molecule has 0 radical (unpaired) electrons. The highest BCUT2D eigenvalue weighted by Crippen LogP contribution is 2.20. The Bertz CT molecular complexity index is 1480. The van der Waals surface area contributed by atoms with Crippen molar-refractivity contribution >= 4 is 17.9 Å². The van der Waals surface area contributed by atoms with Crippen LogP contribution in [-0.4, -0.2) is 82.3 Å². The number of aliphatic carboxylic acids is 1. The largest absolute Gasteiger partial charge is 0.545 e. The molecule has 0 fully saturated rings. The number of carbonyl (C=O) groups is 3. The van der Waals surface area contributed by atoms with Crippen molar-refractivity contribution in [3.63, 3.8) is 0 Å². The van der Waals surface area contributed by atoms with E-state index in [0.717, 1.165) is 44.9 Å². The fourth-order valence-corrected chi connectivity index (χ4v) is 11.8. The number of allylic oxidation sites excluding steroid dienone is 4. The molecule has 0 aromatic rings. The number of ether oxygens (including phenoxy) is 4. The van der Waals surface area contributed by atoms with E-state index in [2.05, 4.69) is 38.2 Å². The maximum atomic E-state index is 12.9. The first-order chi connectivity index (χ1) is 42.6. The summed E-state index contributed by atoms with van der Waals surface area (Å²) in [6, 6.07) is 0. The minimum Gasteiger partial charge on any atom is -0.545 e. The number of carboxylic acids is 1. The van der Waals surface area contributed by atoms with E-state index in [0.29, 0.717) is 17.4 Å². The molecule has 2 atom stereocenters. The molecule has 2 unspecified atom stereocenters. The van der Waals surface area contributed by atoms with Gasteiger partial charge >= 0.3 is 11.9 Å². The van der Waals surface area contributed by atoms with Gasteiger partial charge in [0.15, 0.2) is 12.4 Å². The number of likely N-dealkylation sites (N-methyl/N-ethyl adjacent to an activating group) is 1. The Morgan fingerprint density at radius 2 is 0.621 bits per heavy atom. The molecule has 0 heterocycles. The zero-order valence-corrected chi connectivity index (χ0v) is 58.9. The van der Waals surface area contributed by atoms with Crippen LogP contribution in [0.1, 0.15) is 399 Å². The van der Waals surface area contributed by atoms with Crippen LogP contribution in [0.2, 0.25) is 0 Å². The van der Waals surface area contributed by atoms with Crippen LogP contribution in [0.4, 0.5) is 0 Å². The molecule has 514 valence electrons. The zero-order valence-electron chi connectivity index (χ0n) is 58.9. The van der Waals surface area contributed by atoms with Crippen LogP contribution in [0.25, 0.3) is 0 Å². The molecule has 0 aliphatic carbocycles. The zero-order chi connectivity index (χ0) is 63.3. The van der Waals surface area contributed by atoms with Crippen LogP contribution in [0, 0.1) is 0 Å². The third-order valence-electron chi connectivity index (χ3n) is 17.7. The molecule has 0 saturated heterocycles. The van der Waals surface area contributed by atoms with Crippen LogP contribution < -0.4 is 5.11 Å². The highest BCUT2D eigenvalue weighted by Gasteiger charge is 2.22. The molecule has 0 N–H and O–H groups in total. The first kappa shape index (κ1) is 84.8. The topological polar surface area (TPSA) is 111 Å². The normalized spacial score (nSPS) is 12.7. The smallest absolute Gasteiger partial charge is 0.306 e. The minimum absolute atomic E-state index is 0.151. The van der Waals surface area contributed by atoms with Crippen LogP contribution in [-0.2, 0) is 33.3 Å². The summed E-state index contributed by atoms with van der Waals surface area (Å²) in [6.45, 7) is 4.82. The fraction of sp³-hybridized carbons (Fsp3) is 0.910. The fourth-order valence-electron chi connectivity index (χ4n) is 11.8. The molecule has 0 aliphatic rings. The monoisotopic (exact) mass is 1230 g/mol. The maximum Gasteiger partial charge on any atom is 0.306 e. The summed E-state index contributed by atoms with van der Waals surface area (Å²) in [7, 11) is 5.95. The van der Waals surface area contributed by atoms with Gasteiger partial charge in [0.25, 0.3) is 0 Å². The summed E-state index contributed by atoms with van der Waals surface area (Å²) in [5.74, 6) is -2.25. The SMILES string of the molecule is CCCCCCC/C=C\C/C=C\CCCCCCCCCCCCCCCCCC(=O)OC(COC(=O)CCCCCCCCCCCCCCCCCCCCCCCCCCCCCCCCCCCCC)COC(OCC[N+](C)(C)C)C(=O)[O-]. The quantitative estimate of drug-likeness (QED) is 0.0195. The lowest BCUT2D eigenvalue weighted by Gasteiger charge is -2.26. The summed E-state index contributed by atoms with van der Waals surface area (Å²) < 4.78 is 22.9. The van der Waals surface area contributed by atoms with Gasteiger partial charge in [0.05, 0.1) is 40.3 Å². The van der Waals surface area contributed by atoms with E-state index in [1.54, 1.807) is 0 Å². The molecule has 9 heteroatoms. The van der Waals surface area contributed by atoms with Crippen molar-refractivity contribution in [3.8, 4) is 0 Å². The maximum absolute atomic E-state index is 12.9. The predicted molar refractivity (Wildman–Crippen MR) is 371 cm³/mol. The van der Waals surface area contributed by atoms with Crippen molar-refractivity contribution in [2.45, 2.75) is 411 Å². The average molecular weight is 1230 g/mol. The van der Waals surface area contributed by atoms with Crippen LogP contribution >= 0.6 is 0 Å². The number of unbranched alkanes of at least 4 members (excludes halogenated alkanes) is 54. The average Bonchev–Trinajstić information content (AvgIpc) is 3.56. The molecular weight excluding hydrogens is 1080 g/mol. The lowest BCUT2D eigenvalue weighted by Crippen LogP contribution is -2.44. The van der Waals surface area contributed by atoms with E-state index < -0.39 is 24.3 Å². The number of hydrogen-bond donors (Lipinski definition) is 0. The highest BCUT2D eigenvalue weighted by atomic mass is 16.7. The molecule has 0 bridgehead atoms. The Hall–Kier alpha value is -2.23. The van der Waals surface area contributed by atoms with Gasteiger partial charge in [-0.1, -0.05) is 366 Å². The van der Waals surface area contributed by atoms with E-state index in [1.807, 2.05) is 21.1 Å². The standard InChI is InChI=1S/C78H149NO8/c1-6-8-10-12-14-16-18-20-22-24-26-28-30-32-34-35-36-37-38-39-40-41-43-44-46-48-50-52-54-56-58-60-62-64-66-68-75(80)85-72-74(73-86-78(77(82)83)84-71-70-79(3,4)5)87-76(81)69-67-65-63-61-59-57-55-53-51-49-47-45-42-33-31-29-27-25-23-21-19-17-15-13-11-9-7-2/h19,21,25,27,74,78H,6-18,20,22-24,26,28-73H2,1-5H3/b21-19-,27-25-. The minimum atomic E-state index is -1.62. The molecule has 0 aliphatic heterocycles. The van der Waals surface area contributed by atoms with Crippen molar-refractivity contribution in [2.24, 2.45) is 0 Å². The van der Waals surface area contributed by atoms with Gasteiger partial charge in [-0.15, -0.1) is 0 Å². The number of carbonyl (C=O) groups excluding carboxylic acids is 3. The second-order valence-corrected chi connectivity index (χ2v) is 27.7. The summed E-state index contributed by atoms with van der Waals surface area (Å²) in [5, 5.41) is 11.8.